The number of hydrogen-bond acceptors (Lipinski definition) is 4. The first-order valence-electron chi connectivity index (χ1n) is 6.21. The molecule has 0 saturated carbocycles. The van der Waals surface area contributed by atoms with Crippen molar-refractivity contribution in [1.82, 2.24) is 14.9 Å². The van der Waals surface area contributed by atoms with E-state index in [2.05, 4.69) is 15.0 Å². The van der Waals surface area contributed by atoms with Crippen molar-refractivity contribution in [3.8, 4) is 0 Å². The lowest BCUT2D eigenvalue weighted by Crippen LogP contribution is -2.07. The van der Waals surface area contributed by atoms with Gasteiger partial charge in [0.05, 0.1) is 11.7 Å². The third-order valence-corrected chi connectivity index (χ3v) is 4.34. The standard InChI is InChI=1S/C13H16N4S/c1-17(2)8-16-12-11-9-5-3-4-6-10(9)18-13(11)15-7-14-12/h7-8H,3-6H2,1-2H3. The van der Waals surface area contributed by atoms with Gasteiger partial charge in [0.1, 0.15) is 11.2 Å². The summed E-state index contributed by atoms with van der Waals surface area (Å²) in [4.78, 5) is 17.7. The Hall–Kier alpha value is -1.49. The van der Waals surface area contributed by atoms with Gasteiger partial charge in [0.2, 0.25) is 0 Å². The zero-order valence-corrected chi connectivity index (χ0v) is 11.5. The van der Waals surface area contributed by atoms with Crippen molar-refractivity contribution in [3.05, 3.63) is 16.8 Å². The van der Waals surface area contributed by atoms with Crippen LogP contribution in [0.3, 0.4) is 0 Å². The summed E-state index contributed by atoms with van der Waals surface area (Å²) < 4.78 is 0. The van der Waals surface area contributed by atoms with Gasteiger partial charge in [-0.1, -0.05) is 0 Å². The van der Waals surface area contributed by atoms with Crippen LogP contribution >= 0.6 is 11.3 Å². The Bertz CT molecular complexity index is 600. The van der Waals surface area contributed by atoms with Crippen molar-refractivity contribution in [3.63, 3.8) is 0 Å². The van der Waals surface area contributed by atoms with Crippen LogP contribution in [-0.2, 0) is 12.8 Å². The van der Waals surface area contributed by atoms with Crippen LogP contribution in [0, 0.1) is 0 Å². The average Bonchev–Trinajstić information content (AvgIpc) is 2.75. The minimum absolute atomic E-state index is 0.813. The molecule has 0 fully saturated rings. The third-order valence-electron chi connectivity index (χ3n) is 3.14. The average molecular weight is 260 g/mol. The van der Waals surface area contributed by atoms with Gasteiger partial charge in [-0.3, -0.25) is 0 Å². The van der Waals surface area contributed by atoms with E-state index in [0.29, 0.717) is 0 Å². The monoisotopic (exact) mass is 260 g/mol. The normalized spacial score (nSPS) is 15.2. The van der Waals surface area contributed by atoms with Crippen molar-refractivity contribution in [2.75, 3.05) is 14.1 Å². The molecule has 0 unspecified atom stereocenters. The Morgan fingerprint density at radius 2 is 2.11 bits per heavy atom. The molecule has 1 aliphatic carbocycles. The Kier molecular flexibility index (Phi) is 2.99. The summed E-state index contributed by atoms with van der Waals surface area (Å²) >= 11 is 1.81. The molecular weight excluding hydrogens is 244 g/mol. The lowest BCUT2D eigenvalue weighted by molar-refractivity contribution is 0.643. The van der Waals surface area contributed by atoms with Gasteiger partial charge in [0, 0.05) is 19.0 Å². The number of aryl methyl sites for hydroxylation is 2. The Labute approximate surface area is 110 Å². The van der Waals surface area contributed by atoms with Crippen molar-refractivity contribution >= 4 is 33.7 Å². The van der Waals surface area contributed by atoms with E-state index in [9.17, 15) is 0 Å². The second-order valence-corrected chi connectivity index (χ2v) is 5.88. The number of aromatic nitrogens is 2. The van der Waals surface area contributed by atoms with E-state index in [1.54, 1.807) is 12.7 Å². The number of aliphatic imine (C=N–C) groups is 1. The molecule has 18 heavy (non-hydrogen) atoms. The molecule has 94 valence electrons. The second kappa shape index (κ2) is 4.65. The van der Waals surface area contributed by atoms with E-state index in [1.165, 1.54) is 35.1 Å². The first-order valence-corrected chi connectivity index (χ1v) is 7.03. The molecule has 4 nitrogen and oxygen atoms in total. The largest absolute Gasteiger partial charge is 0.369 e. The summed E-state index contributed by atoms with van der Waals surface area (Å²) in [7, 11) is 3.93. The number of fused-ring (bicyclic) bond motifs is 3. The van der Waals surface area contributed by atoms with Crippen LogP contribution in [0.4, 0.5) is 5.82 Å². The highest BCUT2D eigenvalue weighted by Crippen LogP contribution is 2.38. The topological polar surface area (TPSA) is 41.4 Å². The molecule has 2 heterocycles. The summed E-state index contributed by atoms with van der Waals surface area (Å²) in [5, 5.41) is 1.18. The minimum Gasteiger partial charge on any atom is -0.369 e. The van der Waals surface area contributed by atoms with Crippen molar-refractivity contribution in [2.45, 2.75) is 25.7 Å². The summed E-state index contributed by atoms with van der Waals surface area (Å²) in [5.74, 6) is 0.813. The molecule has 0 radical (unpaired) electrons. The lowest BCUT2D eigenvalue weighted by atomic mass is 9.97. The number of hydrogen-bond donors (Lipinski definition) is 0. The molecule has 0 saturated heterocycles. The Morgan fingerprint density at radius 1 is 1.28 bits per heavy atom. The zero-order valence-electron chi connectivity index (χ0n) is 10.7. The highest BCUT2D eigenvalue weighted by molar-refractivity contribution is 7.18. The quantitative estimate of drug-likeness (QED) is 0.616. The molecule has 0 bridgehead atoms. The van der Waals surface area contributed by atoms with Crippen LogP contribution in [0.5, 0.6) is 0 Å². The fourth-order valence-electron chi connectivity index (χ4n) is 2.34. The van der Waals surface area contributed by atoms with E-state index in [0.717, 1.165) is 17.1 Å². The van der Waals surface area contributed by atoms with Crippen molar-refractivity contribution in [1.29, 1.82) is 0 Å². The maximum atomic E-state index is 4.47. The summed E-state index contributed by atoms with van der Waals surface area (Å²) in [5.41, 5.74) is 1.44. The Morgan fingerprint density at radius 3 is 2.94 bits per heavy atom. The molecular formula is C13H16N4S. The van der Waals surface area contributed by atoms with Crippen molar-refractivity contribution in [2.24, 2.45) is 4.99 Å². The van der Waals surface area contributed by atoms with E-state index < -0.39 is 0 Å². The predicted octanol–water partition coefficient (Wildman–Crippen LogP) is 2.79. The number of rotatable bonds is 2. The fourth-order valence-corrected chi connectivity index (χ4v) is 3.57. The molecule has 3 rings (SSSR count). The number of nitrogens with zero attached hydrogens (tertiary/aromatic N) is 4. The van der Waals surface area contributed by atoms with Gasteiger partial charge in [-0.2, -0.15) is 0 Å². The highest BCUT2D eigenvalue weighted by Gasteiger charge is 2.19. The molecule has 0 amide bonds. The van der Waals surface area contributed by atoms with E-state index in [4.69, 9.17) is 0 Å². The van der Waals surface area contributed by atoms with Crippen LogP contribution in [0.2, 0.25) is 0 Å². The third kappa shape index (κ3) is 1.99. The number of thiophene rings is 1. The van der Waals surface area contributed by atoms with Crippen LogP contribution < -0.4 is 0 Å². The van der Waals surface area contributed by atoms with Gasteiger partial charge in [-0.15, -0.1) is 11.3 Å². The molecule has 0 spiro atoms. The van der Waals surface area contributed by atoms with Gasteiger partial charge in [-0.05, 0) is 31.2 Å². The van der Waals surface area contributed by atoms with Gasteiger partial charge >= 0.3 is 0 Å². The lowest BCUT2D eigenvalue weighted by Gasteiger charge is -2.10. The minimum atomic E-state index is 0.813. The zero-order chi connectivity index (χ0) is 12.5. The van der Waals surface area contributed by atoms with Crippen LogP contribution in [-0.4, -0.2) is 35.3 Å². The summed E-state index contributed by atoms with van der Waals surface area (Å²) in [6.07, 6.45) is 8.32. The predicted molar refractivity (Wildman–Crippen MR) is 75.9 cm³/mol. The summed E-state index contributed by atoms with van der Waals surface area (Å²) in [6.45, 7) is 0. The molecule has 0 aliphatic heterocycles. The fraction of sp³-hybridized carbons (Fsp3) is 0.462. The van der Waals surface area contributed by atoms with Crippen LogP contribution in [0.15, 0.2) is 11.3 Å². The maximum absolute atomic E-state index is 4.47. The molecule has 0 N–H and O–H groups in total. The highest BCUT2D eigenvalue weighted by atomic mass is 32.1. The summed E-state index contributed by atoms with van der Waals surface area (Å²) in [6, 6.07) is 0. The van der Waals surface area contributed by atoms with Crippen LogP contribution in [0.1, 0.15) is 23.3 Å². The smallest absolute Gasteiger partial charge is 0.165 e. The maximum Gasteiger partial charge on any atom is 0.165 e. The SMILES string of the molecule is CN(C)C=Nc1ncnc2sc3c(c12)CCCC3. The molecule has 0 atom stereocenters. The van der Waals surface area contributed by atoms with Gasteiger partial charge < -0.3 is 4.90 Å². The molecule has 5 heteroatoms. The first kappa shape index (κ1) is 11.6. The van der Waals surface area contributed by atoms with Gasteiger partial charge in [0.15, 0.2) is 5.82 Å². The molecule has 1 aliphatic rings. The van der Waals surface area contributed by atoms with E-state index in [-0.39, 0.29) is 0 Å². The van der Waals surface area contributed by atoms with Gasteiger partial charge in [-0.25, -0.2) is 15.0 Å². The molecule has 2 aromatic rings. The van der Waals surface area contributed by atoms with Crippen LogP contribution in [0.25, 0.3) is 10.2 Å². The second-order valence-electron chi connectivity index (χ2n) is 4.80. The van der Waals surface area contributed by atoms with Gasteiger partial charge in [0.25, 0.3) is 0 Å². The van der Waals surface area contributed by atoms with E-state index >= 15 is 0 Å². The van der Waals surface area contributed by atoms with Crippen molar-refractivity contribution < 1.29 is 0 Å². The molecule has 0 aromatic carbocycles. The Balaban J connectivity index is 2.16. The van der Waals surface area contributed by atoms with E-state index in [1.807, 2.05) is 30.3 Å². The first-order chi connectivity index (χ1) is 8.75. The molecule has 2 aromatic heterocycles.